The Kier molecular flexibility index (Phi) is 20.6. The van der Waals surface area contributed by atoms with Gasteiger partial charge < -0.3 is 0 Å². The van der Waals surface area contributed by atoms with E-state index in [4.69, 9.17) is 0 Å². The minimum absolute atomic E-state index is 0.321. The first-order chi connectivity index (χ1) is 14.6. The number of unbranched alkanes of at least 4 members (excludes halogenated alkanes) is 6. The van der Waals surface area contributed by atoms with Crippen molar-refractivity contribution < 1.29 is 5.11 Å². The molecule has 0 bridgehead atoms. The van der Waals surface area contributed by atoms with E-state index in [9.17, 15) is 5.11 Å². The molecule has 0 aliphatic carbocycles. The molecule has 0 saturated heterocycles. The second kappa shape index (κ2) is 19.7. The van der Waals surface area contributed by atoms with Crippen LogP contribution in [0.4, 0.5) is 0 Å². The van der Waals surface area contributed by atoms with Gasteiger partial charge in [0, 0.05) is 0 Å². The van der Waals surface area contributed by atoms with Gasteiger partial charge >= 0.3 is 201 Å². The maximum absolute atomic E-state index is 10.3. The third-order valence-corrected chi connectivity index (χ3v) is 57.9. The van der Waals surface area contributed by atoms with Gasteiger partial charge in [-0.25, -0.2) is 0 Å². The van der Waals surface area contributed by atoms with Crippen molar-refractivity contribution in [2.24, 2.45) is 0 Å². The molecule has 0 aromatic rings. The Bertz CT molecular complexity index is 342. The predicted octanol–water partition coefficient (Wildman–Crippen LogP) is 9.68. The standard InChI is InChI=1S/6C4H9.C3H4O.2Sn/c6*1-3-4-2;1-2-3-4;;/h6*1,3-4H2,2H3;2,4H,3H2;;. The first kappa shape index (κ1) is 31.3. The molecule has 3 heteroatoms. The van der Waals surface area contributed by atoms with Gasteiger partial charge in [0.15, 0.2) is 0 Å². The van der Waals surface area contributed by atoms with Crippen molar-refractivity contribution in [2.75, 3.05) is 6.61 Å². The molecule has 1 N–H and O–H groups in total. The monoisotopic (exact) mass is 638 g/mol. The zero-order valence-corrected chi connectivity index (χ0v) is 27.7. The summed E-state index contributed by atoms with van der Waals surface area (Å²) in [6.07, 6.45) is 19.3. The van der Waals surface area contributed by atoms with E-state index in [1.54, 1.807) is 26.6 Å². The number of rotatable bonds is 21. The zero-order chi connectivity index (χ0) is 22.7. The van der Waals surface area contributed by atoms with E-state index in [2.05, 4.69) is 49.2 Å². The molecule has 0 radical (unpaired) electrons. The molecule has 0 aromatic carbocycles. The molecule has 0 heterocycles. The molecule has 0 amide bonds. The van der Waals surface area contributed by atoms with Gasteiger partial charge in [0.05, 0.1) is 0 Å². The quantitative estimate of drug-likeness (QED) is 0.125. The van der Waals surface area contributed by atoms with Crippen LogP contribution in [0.5, 0.6) is 0 Å². The van der Waals surface area contributed by atoms with Crippen LogP contribution in [-0.4, -0.2) is 48.5 Å². The van der Waals surface area contributed by atoms with Crippen molar-refractivity contribution in [3.63, 3.8) is 0 Å². The van der Waals surface area contributed by atoms with Crippen LogP contribution < -0.4 is 0 Å². The Morgan fingerprint density at radius 1 is 0.500 bits per heavy atom. The summed E-state index contributed by atoms with van der Waals surface area (Å²) in [6.45, 7) is 14.7. The zero-order valence-electron chi connectivity index (χ0n) is 22.0. The molecule has 0 unspecified atom stereocenters. The van der Waals surface area contributed by atoms with Crippen molar-refractivity contribution in [1.29, 1.82) is 0 Å². The summed E-state index contributed by atoms with van der Waals surface area (Å²) in [5.74, 6) is 0. The third-order valence-electron chi connectivity index (χ3n) is 7.49. The van der Waals surface area contributed by atoms with Crippen LogP contribution in [-0.2, 0) is 0 Å². The number of hydrogen-bond donors (Lipinski definition) is 1. The summed E-state index contributed by atoms with van der Waals surface area (Å²) in [5, 5.41) is 10.3. The molecular weight excluding hydrogens is 578 g/mol. The van der Waals surface area contributed by atoms with Gasteiger partial charge in [0.25, 0.3) is 0 Å². The molecular formula is C27H58OSn2. The fourth-order valence-electron chi connectivity index (χ4n) is 5.74. The van der Waals surface area contributed by atoms with E-state index in [1.807, 2.05) is 0 Å². The Hall–Kier alpha value is 1.30. The number of aliphatic hydroxyl groups excluding tert-OH is 1. The van der Waals surface area contributed by atoms with E-state index >= 15 is 0 Å². The summed E-state index contributed by atoms with van der Waals surface area (Å²) in [4.78, 5) is 0. The van der Waals surface area contributed by atoms with Crippen LogP contribution in [0.3, 0.4) is 0 Å². The number of hydrogen-bond acceptors (Lipinski definition) is 1. The summed E-state index contributed by atoms with van der Waals surface area (Å²) < 4.78 is 11.6. The van der Waals surface area contributed by atoms with Crippen LogP contribution in [0.15, 0.2) is 7.68 Å². The van der Waals surface area contributed by atoms with Gasteiger partial charge in [0.1, 0.15) is 0 Å². The summed E-state index contributed by atoms with van der Waals surface area (Å²) >= 11 is -4.94. The summed E-state index contributed by atoms with van der Waals surface area (Å²) in [7, 11) is 0. The van der Waals surface area contributed by atoms with Crippen LogP contribution in [0, 0.1) is 0 Å². The summed E-state index contributed by atoms with van der Waals surface area (Å²) in [5.41, 5.74) is 0. The molecule has 0 aliphatic rings. The summed E-state index contributed by atoms with van der Waals surface area (Å²) in [6, 6.07) is 0. The molecule has 0 aromatic heterocycles. The van der Waals surface area contributed by atoms with Crippen LogP contribution in [0.1, 0.15) is 119 Å². The SMILES string of the molecule is CCC[CH2][Sn]([CH2]CCC)([CH2]CCC)[C](=CCO)[Sn]([CH2]CCC)([CH2]CCC)[CH2]CCC. The van der Waals surface area contributed by atoms with Crippen LogP contribution in [0.2, 0.25) is 26.6 Å². The molecule has 1 nitrogen and oxygen atoms in total. The fraction of sp³-hybridized carbons (Fsp3) is 0.926. The first-order valence-corrected chi connectivity index (χ1v) is 28.8. The topological polar surface area (TPSA) is 20.2 Å². The maximum atomic E-state index is 10.3. The van der Waals surface area contributed by atoms with E-state index in [-0.39, 0.29) is 0 Å². The minimum atomic E-state index is -2.47. The molecule has 180 valence electrons. The molecule has 0 saturated carbocycles. The Balaban J connectivity index is 6.51. The van der Waals surface area contributed by atoms with Crippen molar-refractivity contribution >= 4 is 36.8 Å². The second-order valence-electron chi connectivity index (χ2n) is 9.98. The van der Waals surface area contributed by atoms with Gasteiger partial charge in [-0.1, -0.05) is 0 Å². The van der Waals surface area contributed by atoms with Gasteiger partial charge in [0.2, 0.25) is 0 Å². The molecule has 0 atom stereocenters. The molecule has 0 spiro atoms. The molecule has 0 fully saturated rings. The van der Waals surface area contributed by atoms with Crippen molar-refractivity contribution in [2.45, 2.75) is 145 Å². The molecule has 0 aliphatic heterocycles. The first-order valence-electron chi connectivity index (χ1n) is 13.9. The van der Waals surface area contributed by atoms with Crippen LogP contribution >= 0.6 is 0 Å². The third kappa shape index (κ3) is 10.9. The second-order valence-corrected chi connectivity index (χ2v) is 40.3. The Labute approximate surface area is 200 Å². The number of aliphatic hydroxyl groups is 1. The predicted molar refractivity (Wildman–Crippen MR) is 145 cm³/mol. The Morgan fingerprint density at radius 3 is 0.900 bits per heavy atom. The van der Waals surface area contributed by atoms with E-state index < -0.39 is 36.8 Å². The normalized spacial score (nSPS) is 12.4. The van der Waals surface area contributed by atoms with Crippen molar-refractivity contribution in [1.82, 2.24) is 0 Å². The van der Waals surface area contributed by atoms with E-state index in [0.29, 0.717) is 6.61 Å². The fourth-order valence-corrected chi connectivity index (χ4v) is 74.4. The average molecular weight is 636 g/mol. The van der Waals surface area contributed by atoms with Crippen molar-refractivity contribution in [3.05, 3.63) is 7.68 Å². The van der Waals surface area contributed by atoms with Crippen molar-refractivity contribution in [3.8, 4) is 0 Å². The van der Waals surface area contributed by atoms with Gasteiger partial charge in [-0.3, -0.25) is 0 Å². The molecule has 0 rings (SSSR count). The van der Waals surface area contributed by atoms with E-state index in [1.165, 1.54) is 77.0 Å². The van der Waals surface area contributed by atoms with Gasteiger partial charge in [-0.05, 0) is 0 Å². The van der Waals surface area contributed by atoms with Gasteiger partial charge in [-0.2, -0.15) is 0 Å². The van der Waals surface area contributed by atoms with E-state index in [0.717, 1.165) is 0 Å². The Morgan fingerprint density at radius 2 is 0.733 bits per heavy atom. The molecule has 30 heavy (non-hydrogen) atoms. The van der Waals surface area contributed by atoms with Gasteiger partial charge in [-0.15, -0.1) is 0 Å². The average Bonchev–Trinajstić information content (AvgIpc) is 2.77. The van der Waals surface area contributed by atoms with Crippen LogP contribution in [0.25, 0.3) is 0 Å².